The van der Waals surface area contributed by atoms with Crippen molar-refractivity contribution < 1.29 is 4.74 Å². The van der Waals surface area contributed by atoms with Gasteiger partial charge in [0.2, 0.25) is 0 Å². The van der Waals surface area contributed by atoms with Gasteiger partial charge in [-0.2, -0.15) is 0 Å². The highest BCUT2D eigenvalue weighted by Gasteiger charge is 2.32. The third-order valence-electron chi connectivity index (χ3n) is 3.75. The molecule has 2 nitrogen and oxygen atoms in total. The Hall–Kier alpha value is -1.19. The molecule has 2 aromatic rings. The molecule has 1 atom stereocenters. The van der Waals surface area contributed by atoms with Crippen molar-refractivity contribution in [2.45, 2.75) is 18.9 Å². The van der Waals surface area contributed by atoms with E-state index >= 15 is 0 Å². The van der Waals surface area contributed by atoms with Gasteiger partial charge < -0.3 is 10.1 Å². The fraction of sp³-hybridized carbons (Fsp3) is 0.294. The van der Waals surface area contributed by atoms with Crippen LogP contribution in [0, 0.1) is 5.92 Å². The molecule has 1 fully saturated rings. The molecule has 0 heterocycles. The minimum atomic E-state index is 0.321. The van der Waals surface area contributed by atoms with Gasteiger partial charge in [-0.15, -0.1) is 0 Å². The minimum Gasteiger partial charge on any atom is -0.497 e. The average Bonchev–Trinajstić information content (AvgIpc) is 3.30. The van der Waals surface area contributed by atoms with E-state index < -0.39 is 0 Å². The molecule has 1 saturated carbocycles. The highest BCUT2D eigenvalue weighted by Crippen LogP contribution is 2.43. The summed E-state index contributed by atoms with van der Waals surface area (Å²) in [6, 6.07) is 14.5. The van der Waals surface area contributed by atoms with Crippen LogP contribution in [-0.4, -0.2) is 7.11 Å². The zero-order valence-corrected chi connectivity index (χ0v) is 14.1. The number of nitrogens with one attached hydrogen (secondary N) is 1. The molecule has 0 amide bonds. The van der Waals surface area contributed by atoms with Crippen molar-refractivity contribution in [3.05, 3.63) is 57.5 Å². The quantitative estimate of drug-likeness (QED) is 0.735. The summed E-state index contributed by atoms with van der Waals surface area (Å²) in [5, 5.41) is 4.41. The molecule has 21 heavy (non-hydrogen) atoms. The molecular formula is C17H17BrClNO. The molecule has 0 bridgehead atoms. The van der Waals surface area contributed by atoms with Gasteiger partial charge >= 0.3 is 0 Å². The maximum Gasteiger partial charge on any atom is 0.122 e. The zero-order chi connectivity index (χ0) is 14.8. The van der Waals surface area contributed by atoms with Crippen LogP contribution < -0.4 is 10.1 Å². The summed E-state index contributed by atoms with van der Waals surface area (Å²) in [4.78, 5) is 0. The number of ether oxygens (including phenoxy) is 1. The Morgan fingerprint density at radius 3 is 2.52 bits per heavy atom. The predicted molar refractivity (Wildman–Crippen MR) is 91.2 cm³/mol. The summed E-state index contributed by atoms with van der Waals surface area (Å²) in [6.45, 7) is 0. The van der Waals surface area contributed by atoms with E-state index in [9.17, 15) is 0 Å². The second-order valence-electron chi connectivity index (χ2n) is 5.39. The molecule has 0 aromatic heterocycles. The maximum absolute atomic E-state index is 5.99. The highest BCUT2D eigenvalue weighted by atomic mass is 79.9. The Morgan fingerprint density at radius 2 is 1.90 bits per heavy atom. The Kier molecular flexibility index (Phi) is 4.41. The molecule has 1 N–H and O–H groups in total. The number of benzene rings is 2. The lowest BCUT2D eigenvalue weighted by Crippen LogP contribution is -2.12. The first-order chi connectivity index (χ1) is 10.2. The first-order valence-electron chi connectivity index (χ1n) is 7.02. The normalized spacial score (nSPS) is 15.6. The topological polar surface area (TPSA) is 21.3 Å². The van der Waals surface area contributed by atoms with E-state index in [1.54, 1.807) is 7.11 Å². The van der Waals surface area contributed by atoms with E-state index in [1.807, 2.05) is 24.3 Å². The lowest BCUT2D eigenvalue weighted by atomic mass is 10.0. The first-order valence-corrected chi connectivity index (χ1v) is 8.19. The Bertz CT molecular complexity index is 625. The van der Waals surface area contributed by atoms with Crippen molar-refractivity contribution in [2.24, 2.45) is 5.92 Å². The number of methoxy groups -OCH3 is 1. The van der Waals surface area contributed by atoms with E-state index in [1.165, 1.54) is 18.4 Å². The standard InChI is InChI=1S/C17H17BrClNO/c1-21-16-9-13(18)8-15(10-16)20-17(11-2-3-11)12-4-6-14(19)7-5-12/h4-11,17,20H,2-3H2,1H3. The fourth-order valence-electron chi connectivity index (χ4n) is 2.52. The van der Waals surface area contributed by atoms with E-state index in [0.717, 1.165) is 20.9 Å². The Labute approximate surface area is 138 Å². The second kappa shape index (κ2) is 6.29. The average molecular weight is 367 g/mol. The third kappa shape index (κ3) is 3.72. The van der Waals surface area contributed by atoms with Crippen LogP contribution in [0.2, 0.25) is 5.02 Å². The molecule has 3 rings (SSSR count). The largest absolute Gasteiger partial charge is 0.497 e. The Balaban J connectivity index is 1.85. The van der Waals surface area contributed by atoms with Crippen LogP contribution >= 0.6 is 27.5 Å². The molecule has 1 aliphatic carbocycles. The lowest BCUT2D eigenvalue weighted by Gasteiger charge is -2.21. The predicted octanol–water partition coefficient (Wildman–Crippen LogP) is 5.67. The molecule has 1 unspecified atom stereocenters. The smallest absolute Gasteiger partial charge is 0.122 e. The van der Waals surface area contributed by atoms with Crippen molar-refractivity contribution in [2.75, 3.05) is 12.4 Å². The van der Waals surface area contributed by atoms with Crippen molar-refractivity contribution in [1.29, 1.82) is 0 Å². The van der Waals surface area contributed by atoms with Crippen LogP contribution in [-0.2, 0) is 0 Å². The molecule has 1 aliphatic rings. The summed E-state index contributed by atoms with van der Waals surface area (Å²) in [7, 11) is 1.68. The SMILES string of the molecule is COc1cc(Br)cc(NC(c2ccc(Cl)cc2)C2CC2)c1. The van der Waals surface area contributed by atoms with Crippen molar-refractivity contribution >= 4 is 33.2 Å². The van der Waals surface area contributed by atoms with E-state index in [2.05, 4.69) is 39.4 Å². The molecule has 0 spiro atoms. The molecule has 110 valence electrons. The van der Waals surface area contributed by atoms with Crippen LogP contribution in [0.15, 0.2) is 46.9 Å². The lowest BCUT2D eigenvalue weighted by molar-refractivity contribution is 0.414. The molecular weight excluding hydrogens is 350 g/mol. The van der Waals surface area contributed by atoms with Crippen LogP contribution in [0.4, 0.5) is 5.69 Å². The van der Waals surface area contributed by atoms with Gasteiger partial charge in [0.05, 0.1) is 13.2 Å². The fourth-order valence-corrected chi connectivity index (χ4v) is 3.11. The summed E-state index contributed by atoms with van der Waals surface area (Å²) in [6.07, 6.45) is 2.54. The molecule has 0 aliphatic heterocycles. The van der Waals surface area contributed by atoms with E-state index in [4.69, 9.17) is 16.3 Å². The monoisotopic (exact) mass is 365 g/mol. The van der Waals surface area contributed by atoms with Crippen LogP contribution in [0.25, 0.3) is 0 Å². The first kappa shape index (κ1) is 14.7. The highest BCUT2D eigenvalue weighted by molar-refractivity contribution is 9.10. The summed E-state index contributed by atoms with van der Waals surface area (Å²) >= 11 is 9.51. The number of rotatable bonds is 5. The van der Waals surface area contributed by atoms with Crippen molar-refractivity contribution in [3.63, 3.8) is 0 Å². The van der Waals surface area contributed by atoms with Crippen LogP contribution in [0.3, 0.4) is 0 Å². The van der Waals surface area contributed by atoms with Gasteiger partial charge in [-0.25, -0.2) is 0 Å². The maximum atomic E-state index is 5.99. The number of anilines is 1. The van der Waals surface area contributed by atoms with Gasteiger partial charge in [0.15, 0.2) is 0 Å². The zero-order valence-electron chi connectivity index (χ0n) is 11.8. The van der Waals surface area contributed by atoms with Gasteiger partial charge in [0.1, 0.15) is 5.75 Å². The Morgan fingerprint density at radius 1 is 1.19 bits per heavy atom. The second-order valence-corrected chi connectivity index (χ2v) is 6.74. The van der Waals surface area contributed by atoms with Gasteiger partial charge in [0, 0.05) is 21.2 Å². The third-order valence-corrected chi connectivity index (χ3v) is 4.46. The van der Waals surface area contributed by atoms with E-state index in [-0.39, 0.29) is 0 Å². The van der Waals surface area contributed by atoms with E-state index in [0.29, 0.717) is 12.0 Å². The number of hydrogen-bond acceptors (Lipinski definition) is 2. The molecule has 0 saturated heterocycles. The van der Waals surface area contributed by atoms with Gasteiger partial charge in [-0.1, -0.05) is 39.7 Å². The summed E-state index contributed by atoms with van der Waals surface area (Å²) < 4.78 is 6.34. The van der Waals surface area contributed by atoms with Crippen LogP contribution in [0.5, 0.6) is 5.75 Å². The summed E-state index contributed by atoms with van der Waals surface area (Å²) in [5.74, 6) is 1.54. The number of hydrogen-bond donors (Lipinski definition) is 1. The molecule has 0 radical (unpaired) electrons. The minimum absolute atomic E-state index is 0.321. The van der Waals surface area contributed by atoms with Crippen molar-refractivity contribution in [1.82, 2.24) is 0 Å². The van der Waals surface area contributed by atoms with Gasteiger partial charge in [0.25, 0.3) is 0 Å². The molecule has 4 heteroatoms. The molecule has 2 aromatic carbocycles. The van der Waals surface area contributed by atoms with Gasteiger partial charge in [-0.05, 0) is 48.6 Å². The summed E-state index contributed by atoms with van der Waals surface area (Å²) in [5.41, 5.74) is 2.34. The van der Waals surface area contributed by atoms with Gasteiger partial charge in [-0.3, -0.25) is 0 Å². The van der Waals surface area contributed by atoms with Crippen LogP contribution in [0.1, 0.15) is 24.4 Å². The van der Waals surface area contributed by atoms with Crippen molar-refractivity contribution in [3.8, 4) is 5.75 Å². The number of halogens is 2.